The molecule has 2 saturated carbocycles. The Morgan fingerprint density at radius 1 is 1.21 bits per heavy atom. The summed E-state index contributed by atoms with van der Waals surface area (Å²) in [6, 6.07) is 0. The van der Waals surface area contributed by atoms with E-state index in [-0.39, 0.29) is 17.6 Å². The number of thiazole rings is 1. The van der Waals surface area contributed by atoms with E-state index in [2.05, 4.69) is 4.90 Å². The van der Waals surface area contributed by atoms with E-state index in [1.807, 2.05) is 6.92 Å². The third-order valence-corrected chi connectivity index (χ3v) is 7.67. The van der Waals surface area contributed by atoms with Gasteiger partial charge in [0, 0.05) is 18.0 Å². The molecule has 3 aliphatic rings. The van der Waals surface area contributed by atoms with Gasteiger partial charge in [0.05, 0.1) is 16.8 Å². The molecule has 0 radical (unpaired) electrons. The first-order chi connectivity index (χ1) is 11.6. The van der Waals surface area contributed by atoms with Crippen LogP contribution in [-0.4, -0.2) is 39.1 Å². The quantitative estimate of drug-likeness (QED) is 0.878. The Labute approximate surface area is 148 Å². The molecule has 0 bridgehead atoms. The van der Waals surface area contributed by atoms with Crippen molar-refractivity contribution < 1.29 is 9.90 Å². The number of likely N-dealkylation sites (tertiary alicyclic amines) is 1. The summed E-state index contributed by atoms with van der Waals surface area (Å²) in [5.74, 6) is 0.725. The fourth-order valence-corrected chi connectivity index (χ4v) is 5.99. The van der Waals surface area contributed by atoms with Crippen molar-refractivity contribution >= 4 is 17.2 Å². The smallest absolute Gasteiger partial charge is 0.266 e. The molecule has 5 heteroatoms. The van der Waals surface area contributed by atoms with Gasteiger partial charge in [-0.3, -0.25) is 4.79 Å². The Morgan fingerprint density at radius 2 is 1.96 bits per heavy atom. The zero-order valence-electron chi connectivity index (χ0n) is 14.6. The van der Waals surface area contributed by atoms with E-state index in [9.17, 15) is 9.90 Å². The van der Waals surface area contributed by atoms with Crippen molar-refractivity contribution in [3.8, 4) is 0 Å². The molecule has 4 rings (SSSR count). The minimum atomic E-state index is -0.241. The first-order valence-electron chi connectivity index (χ1n) is 9.56. The van der Waals surface area contributed by atoms with E-state index in [4.69, 9.17) is 4.98 Å². The SMILES string of the molecule is Cc1nc(C2CCCCC2)sc1C(=O)N1CC[C@H](O)CC12CCC2. The normalized spacial score (nSPS) is 27.2. The summed E-state index contributed by atoms with van der Waals surface area (Å²) < 4.78 is 0. The van der Waals surface area contributed by atoms with E-state index < -0.39 is 0 Å². The molecular weight excluding hydrogens is 320 g/mol. The Kier molecular flexibility index (Phi) is 4.42. The molecule has 1 amide bonds. The highest BCUT2D eigenvalue weighted by Gasteiger charge is 2.49. The van der Waals surface area contributed by atoms with Crippen molar-refractivity contribution in [2.75, 3.05) is 6.54 Å². The van der Waals surface area contributed by atoms with Gasteiger partial charge in [-0.05, 0) is 51.9 Å². The van der Waals surface area contributed by atoms with Crippen molar-refractivity contribution in [3.05, 3.63) is 15.6 Å². The van der Waals surface area contributed by atoms with E-state index in [1.54, 1.807) is 11.3 Å². The van der Waals surface area contributed by atoms with E-state index in [1.165, 1.54) is 43.5 Å². The molecule has 1 aromatic heterocycles. The molecule has 3 fully saturated rings. The number of aryl methyl sites for hydroxylation is 1. The molecule has 132 valence electrons. The molecule has 1 spiro atoms. The number of aliphatic hydroxyl groups is 1. The molecule has 1 saturated heterocycles. The monoisotopic (exact) mass is 348 g/mol. The second-order valence-electron chi connectivity index (χ2n) is 7.98. The van der Waals surface area contributed by atoms with Gasteiger partial charge in [0.1, 0.15) is 4.88 Å². The third-order valence-electron chi connectivity index (χ3n) is 6.37. The van der Waals surface area contributed by atoms with E-state index >= 15 is 0 Å². The summed E-state index contributed by atoms with van der Waals surface area (Å²) in [5.41, 5.74) is 0.835. The average Bonchev–Trinajstić information content (AvgIpc) is 2.95. The maximum Gasteiger partial charge on any atom is 0.266 e. The standard InChI is InChI=1S/C19H28N2O2S/c1-13-16(24-17(20-13)14-6-3-2-4-7-14)18(23)21-11-8-15(22)12-19(21)9-5-10-19/h14-15,22H,2-12H2,1H3/t15-/m0/s1. The average molecular weight is 349 g/mol. The summed E-state index contributed by atoms with van der Waals surface area (Å²) >= 11 is 1.64. The van der Waals surface area contributed by atoms with Gasteiger partial charge >= 0.3 is 0 Å². The Balaban J connectivity index is 1.56. The van der Waals surface area contributed by atoms with Crippen molar-refractivity contribution in [2.45, 2.75) is 88.7 Å². The van der Waals surface area contributed by atoms with E-state index in [0.29, 0.717) is 18.9 Å². The minimum absolute atomic E-state index is 0.0732. The number of piperidine rings is 1. The van der Waals surface area contributed by atoms with Crippen LogP contribution in [0.4, 0.5) is 0 Å². The van der Waals surface area contributed by atoms with Gasteiger partial charge in [0.2, 0.25) is 0 Å². The molecule has 1 atom stereocenters. The summed E-state index contributed by atoms with van der Waals surface area (Å²) in [6.07, 6.45) is 10.9. The lowest BCUT2D eigenvalue weighted by Gasteiger charge is -2.54. The first-order valence-corrected chi connectivity index (χ1v) is 10.4. The lowest BCUT2D eigenvalue weighted by molar-refractivity contribution is -0.0482. The number of hydrogen-bond acceptors (Lipinski definition) is 4. The molecule has 2 heterocycles. The summed E-state index contributed by atoms with van der Waals surface area (Å²) in [5, 5.41) is 11.2. The second-order valence-corrected chi connectivity index (χ2v) is 9.01. The fraction of sp³-hybridized carbons (Fsp3) is 0.789. The number of aromatic nitrogens is 1. The molecule has 2 aliphatic carbocycles. The maximum absolute atomic E-state index is 13.2. The zero-order chi connectivity index (χ0) is 16.7. The lowest BCUT2D eigenvalue weighted by atomic mass is 9.69. The summed E-state index contributed by atoms with van der Waals surface area (Å²) in [6.45, 7) is 2.68. The molecule has 0 aromatic carbocycles. The topological polar surface area (TPSA) is 53.4 Å². The van der Waals surface area contributed by atoms with Crippen molar-refractivity contribution in [2.24, 2.45) is 0 Å². The highest BCUT2D eigenvalue weighted by Crippen LogP contribution is 2.46. The Bertz CT molecular complexity index is 617. The molecule has 24 heavy (non-hydrogen) atoms. The number of aliphatic hydroxyl groups excluding tert-OH is 1. The fourth-order valence-electron chi connectivity index (χ4n) is 4.80. The number of carbonyl (C=O) groups excluding carboxylic acids is 1. The van der Waals surface area contributed by atoms with Crippen LogP contribution >= 0.6 is 11.3 Å². The zero-order valence-corrected chi connectivity index (χ0v) is 15.4. The molecular formula is C19H28N2O2S. The number of nitrogens with zero attached hydrogens (tertiary/aromatic N) is 2. The third kappa shape index (κ3) is 2.80. The summed E-state index contributed by atoms with van der Waals surface area (Å²) in [4.78, 5) is 20.9. The van der Waals surface area contributed by atoms with Crippen LogP contribution in [0.2, 0.25) is 0 Å². The number of rotatable bonds is 2. The van der Waals surface area contributed by atoms with Gasteiger partial charge in [0.25, 0.3) is 5.91 Å². The first kappa shape index (κ1) is 16.5. The highest BCUT2D eigenvalue weighted by atomic mass is 32.1. The van der Waals surface area contributed by atoms with Crippen LogP contribution in [0.25, 0.3) is 0 Å². The molecule has 1 aromatic rings. The van der Waals surface area contributed by atoms with Gasteiger partial charge in [-0.2, -0.15) is 0 Å². The van der Waals surface area contributed by atoms with Crippen LogP contribution in [0.3, 0.4) is 0 Å². The van der Waals surface area contributed by atoms with Crippen LogP contribution in [0.1, 0.15) is 90.5 Å². The van der Waals surface area contributed by atoms with Crippen LogP contribution < -0.4 is 0 Å². The Morgan fingerprint density at radius 3 is 2.62 bits per heavy atom. The molecule has 1 N–H and O–H groups in total. The predicted octanol–water partition coefficient (Wildman–Crippen LogP) is 4.02. The number of carbonyl (C=O) groups is 1. The van der Waals surface area contributed by atoms with Gasteiger partial charge in [-0.15, -0.1) is 11.3 Å². The van der Waals surface area contributed by atoms with Gasteiger partial charge in [-0.25, -0.2) is 4.98 Å². The molecule has 0 unspecified atom stereocenters. The van der Waals surface area contributed by atoms with Crippen LogP contribution in [0, 0.1) is 6.92 Å². The molecule has 4 nitrogen and oxygen atoms in total. The van der Waals surface area contributed by atoms with Crippen LogP contribution in [-0.2, 0) is 0 Å². The number of amides is 1. The largest absolute Gasteiger partial charge is 0.393 e. The van der Waals surface area contributed by atoms with Crippen LogP contribution in [0.15, 0.2) is 0 Å². The van der Waals surface area contributed by atoms with Crippen LogP contribution in [0.5, 0.6) is 0 Å². The molecule has 1 aliphatic heterocycles. The lowest BCUT2D eigenvalue weighted by Crippen LogP contribution is -2.61. The van der Waals surface area contributed by atoms with E-state index in [0.717, 1.165) is 29.8 Å². The van der Waals surface area contributed by atoms with Crippen molar-refractivity contribution in [3.63, 3.8) is 0 Å². The second kappa shape index (κ2) is 6.41. The maximum atomic E-state index is 13.2. The minimum Gasteiger partial charge on any atom is -0.393 e. The van der Waals surface area contributed by atoms with Gasteiger partial charge < -0.3 is 10.0 Å². The van der Waals surface area contributed by atoms with Gasteiger partial charge in [0.15, 0.2) is 0 Å². The highest BCUT2D eigenvalue weighted by molar-refractivity contribution is 7.13. The van der Waals surface area contributed by atoms with Crippen molar-refractivity contribution in [1.82, 2.24) is 9.88 Å². The summed E-state index contributed by atoms with van der Waals surface area (Å²) in [7, 11) is 0. The van der Waals surface area contributed by atoms with Gasteiger partial charge in [-0.1, -0.05) is 19.3 Å². The predicted molar refractivity (Wildman–Crippen MR) is 95.5 cm³/mol. The Hall–Kier alpha value is -0.940. The van der Waals surface area contributed by atoms with Crippen molar-refractivity contribution in [1.29, 1.82) is 0 Å². The number of hydrogen-bond donors (Lipinski definition) is 1.